The molecule has 1 N–H and O–H groups in total. The Morgan fingerprint density at radius 2 is 1.81 bits per heavy atom. The molecule has 6 nitrogen and oxygen atoms in total. The van der Waals surface area contributed by atoms with Crippen molar-refractivity contribution in [1.29, 1.82) is 0 Å². The quantitative estimate of drug-likeness (QED) is 0.426. The summed E-state index contributed by atoms with van der Waals surface area (Å²) in [5.41, 5.74) is 2.22. The molecule has 0 amide bonds. The van der Waals surface area contributed by atoms with Gasteiger partial charge >= 0.3 is 0 Å². The first-order chi connectivity index (χ1) is 12.3. The van der Waals surface area contributed by atoms with Gasteiger partial charge < -0.3 is 19.9 Å². The summed E-state index contributed by atoms with van der Waals surface area (Å²) >= 11 is 0. The second-order valence-electron chi connectivity index (χ2n) is 5.88. The van der Waals surface area contributed by atoms with E-state index in [1.165, 1.54) is 5.69 Å². The maximum Gasteiger partial charge on any atom is 0.213 e. The highest BCUT2D eigenvalue weighted by Gasteiger charge is 2.19. The monoisotopic (exact) mass is 467 g/mol. The molecule has 0 atom stereocenters. The molecule has 3 rings (SSSR count). The van der Waals surface area contributed by atoms with Crippen LogP contribution >= 0.6 is 24.0 Å². The number of hydrogen-bond donors (Lipinski definition) is 1. The zero-order chi connectivity index (χ0) is 17.5. The first-order valence-corrected chi connectivity index (χ1v) is 8.55. The van der Waals surface area contributed by atoms with Crippen LogP contribution in [0.15, 0.2) is 53.5 Å². The Morgan fingerprint density at radius 3 is 2.46 bits per heavy atom. The highest BCUT2D eigenvalue weighted by molar-refractivity contribution is 14.0. The molecule has 2 aromatic rings. The summed E-state index contributed by atoms with van der Waals surface area (Å²) in [6.07, 6.45) is 0. The van der Waals surface area contributed by atoms with Gasteiger partial charge in [0.05, 0.1) is 19.3 Å². The third-order valence-electron chi connectivity index (χ3n) is 4.33. The average Bonchev–Trinajstić information content (AvgIpc) is 2.70. The number of aliphatic imine (C=N–C) groups is 1. The second-order valence-corrected chi connectivity index (χ2v) is 5.88. The van der Waals surface area contributed by atoms with Gasteiger partial charge in [0.2, 0.25) is 5.88 Å². The number of nitrogens with one attached hydrogen (secondary N) is 1. The van der Waals surface area contributed by atoms with Crippen molar-refractivity contribution in [3.8, 4) is 5.88 Å². The second kappa shape index (κ2) is 10.2. The summed E-state index contributed by atoms with van der Waals surface area (Å²) in [7, 11) is 3.45. The van der Waals surface area contributed by atoms with Gasteiger partial charge in [-0.25, -0.2) is 4.98 Å². The van der Waals surface area contributed by atoms with E-state index in [0.29, 0.717) is 12.4 Å². The molecule has 0 unspecified atom stereocenters. The van der Waals surface area contributed by atoms with E-state index in [1.54, 1.807) is 7.11 Å². The van der Waals surface area contributed by atoms with Crippen molar-refractivity contribution in [1.82, 2.24) is 15.2 Å². The van der Waals surface area contributed by atoms with Crippen LogP contribution in [-0.4, -0.2) is 56.2 Å². The number of pyridine rings is 1. The molecule has 0 bridgehead atoms. The number of anilines is 1. The molecule has 1 aromatic heterocycles. The molecule has 1 aromatic carbocycles. The molecule has 2 heterocycles. The molecule has 1 saturated heterocycles. The van der Waals surface area contributed by atoms with E-state index in [2.05, 4.69) is 55.4 Å². The van der Waals surface area contributed by atoms with Gasteiger partial charge in [-0.15, -0.1) is 24.0 Å². The summed E-state index contributed by atoms with van der Waals surface area (Å²) in [5.74, 6) is 1.54. The summed E-state index contributed by atoms with van der Waals surface area (Å²) < 4.78 is 5.17. The number of piperazine rings is 1. The zero-order valence-corrected chi connectivity index (χ0v) is 17.6. The largest absolute Gasteiger partial charge is 0.481 e. The van der Waals surface area contributed by atoms with Gasteiger partial charge in [-0.2, -0.15) is 0 Å². The third kappa shape index (κ3) is 5.23. The Hall–Kier alpha value is -2.03. The maximum absolute atomic E-state index is 5.17. The van der Waals surface area contributed by atoms with Crippen LogP contribution < -0.4 is 15.0 Å². The Kier molecular flexibility index (Phi) is 7.96. The van der Waals surface area contributed by atoms with Crippen molar-refractivity contribution in [2.24, 2.45) is 4.99 Å². The first-order valence-electron chi connectivity index (χ1n) is 8.55. The number of aromatic nitrogens is 1. The van der Waals surface area contributed by atoms with E-state index in [4.69, 9.17) is 4.74 Å². The maximum atomic E-state index is 5.17. The zero-order valence-electron chi connectivity index (χ0n) is 15.3. The molecule has 1 aliphatic rings. The number of guanidine groups is 1. The average molecular weight is 467 g/mol. The Bertz CT molecular complexity index is 702. The SMILES string of the molecule is CN=C(NCc1cccc(OC)n1)N1CCN(c2ccccc2)CC1.I. The summed E-state index contributed by atoms with van der Waals surface area (Å²) in [6, 6.07) is 16.3. The third-order valence-corrected chi connectivity index (χ3v) is 4.33. The standard InChI is InChI=1S/C19H25N5O.HI/c1-20-19(21-15-16-7-6-10-18(22-16)25-2)24-13-11-23(12-14-24)17-8-4-3-5-9-17;/h3-10H,11-15H2,1-2H3,(H,20,21);1H. The highest BCUT2D eigenvalue weighted by Crippen LogP contribution is 2.15. The van der Waals surface area contributed by atoms with Crippen LogP contribution in [0.25, 0.3) is 0 Å². The Balaban J connectivity index is 0.00000243. The molecule has 0 saturated carbocycles. The Labute approximate surface area is 172 Å². The van der Waals surface area contributed by atoms with Crippen LogP contribution in [0.2, 0.25) is 0 Å². The van der Waals surface area contributed by atoms with Crippen LogP contribution in [-0.2, 0) is 6.54 Å². The Morgan fingerprint density at radius 1 is 1.08 bits per heavy atom. The molecule has 0 spiro atoms. The normalized spacial score (nSPS) is 14.6. The van der Waals surface area contributed by atoms with E-state index < -0.39 is 0 Å². The lowest BCUT2D eigenvalue weighted by Crippen LogP contribution is -2.52. The molecular formula is C19H26IN5O. The van der Waals surface area contributed by atoms with Crippen molar-refractivity contribution >= 4 is 35.6 Å². The van der Waals surface area contributed by atoms with Crippen molar-refractivity contribution < 1.29 is 4.74 Å². The van der Waals surface area contributed by atoms with Gasteiger partial charge in [-0.3, -0.25) is 4.99 Å². The summed E-state index contributed by atoms with van der Waals surface area (Å²) in [6.45, 7) is 4.49. The molecule has 7 heteroatoms. The number of nitrogens with zero attached hydrogens (tertiary/aromatic N) is 4. The number of rotatable bonds is 4. The predicted molar refractivity (Wildman–Crippen MR) is 117 cm³/mol. The van der Waals surface area contributed by atoms with Gasteiger partial charge in [-0.1, -0.05) is 24.3 Å². The van der Waals surface area contributed by atoms with E-state index >= 15 is 0 Å². The van der Waals surface area contributed by atoms with Crippen molar-refractivity contribution in [3.63, 3.8) is 0 Å². The molecule has 0 aliphatic carbocycles. The fourth-order valence-electron chi connectivity index (χ4n) is 2.99. The van der Waals surface area contributed by atoms with E-state index in [1.807, 2.05) is 25.2 Å². The van der Waals surface area contributed by atoms with Crippen molar-refractivity contribution in [2.75, 3.05) is 45.2 Å². The van der Waals surface area contributed by atoms with Crippen LogP contribution in [0.3, 0.4) is 0 Å². The summed E-state index contributed by atoms with van der Waals surface area (Å²) in [5, 5.41) is 3.40. The van der Waals surface area contributed by atoms with Gasteiger partial charge in [0, 0.05) is 45.0 Å². The van der Waals surface area contributed by atoms with E-state index in [9.17, 15) is 0 Å². The van der Waals surface area contributed by atoms with Gasteiger partial charge in [0.25, 0.3) is 0 Å². The molecule has 1 fully saturated rings. The van der Waals surface area contributed by atoms with Crippen molar-refractivity contribution in [2.45, 2.75) is 6.54 Å². The van der Waals surface area contributed by atoms with E-state index in [-0.39, 0.29) is 24.0 Å². The number of benzene rings is 1. The predicted octanol–water partition coefficient (Wildman–Crippen LogP) is 2.61. The van der Waals surface area contributed by atoms with Crippen molar-refractivity contribution in [3.05, 3.63) is 54.2 Å². The lowest BCUT2D eigenvalue weighted by molar-refractivity contribution is 0.371. The van der Waals surface area contributed by atoms with Gasteiger partial charge in [0.1, 0.15) is 0 Å². The van der Waals surface area contributed by atoms with Crippen LogP contribution in [0.1, 0.15) is 5.69 Å². The topological polar surface area (TPSA) is 53.0 Å². The number of para-hydroxylation sites is 1. The highest BCUT2D eigenvalue weighted by atomic mass is 127. The number of halogens is 1. The van der Waals surface area contributed by atoms with Crippen LogP contribution in [0, 0.1) is 0 Å². The van der Waals surface area contributed by atoms with Gasteiger partial charge in [0.15, 0.2) is 5.96 Å². The minimum absolute atomic E-state index is 0. The molecule has 1 aliphatic heterocycles. The van der Waals surface area contributed by atoms with Crippen LogP contribution in [0.4, 0.5) is 5.69 Å². The fourth-order valence-corrected chi connectivity index (χ4v) is 2.99. The summed E-state index contributed by atoms with van der Waals surface area (Å²) in [4.78, 5) is 13.6. The first kappa shape index (κ1) is 20.3. The number of methoxy groups -OCH3 is 1. The van der Waals surface area contributed by atoms with E-state index in [0.717, 1.165) is 37.8 Å². The number of hydrogen-bond acceptors (Lipinski definition) is 4. The molecular weight excluding hydrogens is 441 g/mol. The lowest BCUT2D eigenvalue weighted by atomic mass is 10.2. The minimum Gasteiger partial charge on any atom is -0.481 e. The van der Waals surface area contributed by atoms with Gasteiger partial charge in [-0.05, 0) is 18.2 Å². The fraction of sp³-hybridized carbons (Fsp3) is 0.368. The lowest BCUT2D eigenvalue weighted by Gasteiger charge is -2.37. The molecule has 0 radical (unpaired) electrons. The smallest absolute Gasteiger partial charge is 0.213 e. The molecule has 140 valence electrons. The van der Waals surface area contributed by atoms with Crippen LogP contribution in [0.5, 0.6) is 5.88 Å². The minimum atomic E-state index is 0. The number of ether oxygens (including phenoxy) is 1. The molecule has 26 heavy (non-hydrogen) atoms.